The van der Waals surface area contributed by atoms with Crippen molar-refractivity contribution in [1.29, 1.82) is 0 Å². The zero-order valence-electron chi connectivity index (χ0n) is 10.6. The maximum atomic E-state index is 12.8. The van der Waals surface area contributed by atoms with Gasteiger partial charge in [0.1, 0.15) is 0 Å². The molecule has 0 aliphatic carbocycles. The normalized spacial score (nSPS) is 11.2. The van der Waals surface area contributed by atoms with Crippen LogP contribution < -0.4 is 5.73 Å². The highest BCUT2D eigenvalue weighted by molar-refractivity contribution is 5.86. The van der Waals surface area contributed by atoms with Crippen LogP contribution in [0.25, 0.3) is 22.0 Å². The molecule has 0 amide bonds. The Bertz CT molecular complexity index is 769. The lowest BCUT2D eigenvalue weighted by Gasteiger charge is -2.09. The lowest BCUT2D eigenvalue weighted by atomic mass is 10.0. The molecule has 0 spiro atoms. The SMILES string of the molecule is Nc1ccc(C(F)F)cc1-c1cnc2ccccc2c1. The number of hydrogen-bond donors (Lipinski definition) is 1. The summed E-state index contributed by atoms with van der Waals surface area (Å²) in [6, 6.07) is 13.8. The first kappa shape index (κ1) is 12.5. The van der Waals surface area contributed by atoms with Gasteiger partial charge in [-0.25, -0.2) is 8.78 Å². The molecule has 0 saturated carbocycles. The van der Waals surface area contributed by atoms with Gasteiger partial charge in [0, 0.05) is 34.0 Å². The minimum Gasteiger partial charge on any atom is -0.398 e. The largest absolute Gasteiger partial charge is 0.398 e. The Morgan fingerprint density at radius 2 is 1.80 bits per heavy atom. The maximum absolute atomic E-state index is 12.8. The second-order valence-corrected chi connectivity index (χ2v) is 4.56. The lowest BCUT2D eigenvalue weighted by Crippen LogP contribution is -1.94. The van der Waals surface area contributed by atoms with Crippen LogP contribution in [0.5, 0.6) is 0 Å². The summed E-state index contributed by atoms with van der Waals surface area (Å²) < 4.78 is 25.6. The molecule has 2 N–H and O–H groups in total. The minimum absolute atomic E-state index is 0.0395. The van der Waals surface area contributed by atoms with Crippen LogP contribution in [0.1, 0.15) is 12.0 Å². The molecule has 0 bridgehead atoms. The number of benzene rings is 2. The van der Waals surface area contributed by atoms with Crippen molar-refractivity contribution >= 4 is 16.6 Å². The third-order valence-corrected chi connectivity index (χ3v) is 3.23. The van der Waals surface area contributed by atoms with E-state index in [2.05, 4.69) is 4.98 Å². The molecule has 4 heteroatoms. The molecule has 1 heterocycles. The lowest BCUT2D eigenvalue weighted by molar-refractivity contribution is 0.151. The molecule has 2 nitrogen and oxygen atoms in total. The number of para-hydroxylation sites is 1. The van der Waals surface area contributed by atoms with Crippen LogP contribution in [0.3, 0.4) is 0 Å². The maximum Gasteiger partial charge on any atom is 0.263 e. The zero-order chi connectivity index (χ0) is 14.1. The van der Waals surface area contributed by atoms with Gasteiger partial charge in [-0.1, -0.05) is 24.3 Å². The number of alkyl halides is 2. The number of hydrogen-bond acceptors (Lipinski definition) is 2. The van der Waals surface area contributed by atoms with E-state index in [1.54, 1.807) is 6.20 Å². The quantitative estimate of drug-likeness (QED) is 0.700. The van der Waals surface area contributed by atoms with Crippen LogP contribution >= 0.6 is 0 Å². The molecule has 0 aliphatic heterocycles. The van der Waals surface area contributed by atoms with Gasteiger partial charge in [-0.05, 0) is 24.3 Å². The first-order valence-electron chi connectivity index (χ1n) is 6.18. The third kappa shape index (κ3) is 2.20. The molecule has 0 unspecified atom stereocenters. The fraction of sp³-hybridized carbons (Fsp3) is 0.0625. The van der Waals surface area contributed by atoms with Crippen LogP contribution in [0.15, 0.2) is 54.7 Å². The summed E-state index contributed by atoms with van der Waals surface area (Å²) in [4.78, 5) is 4.33. The van der Waals surface area contributed by atoms with Crippen LogP contribution in [0, 0.1) is 0 Å². The van der Waals surface area contributed by atoms with Crippen molar-refractivity contribution in [3.63, 3.8) is 0 Å². The van der Waals surface area contributed by atoms with Crippen molar-refractivity contribution in [2.75, 3.05) is 5.73 Å². The predicted octanol–water partition coefficient (Wildman–Crippen LogP) is 4.42. The number of fused-ring (bicyclic) bond motifs is 1. The van der Waals surface area contributed by atoms with Crippen LogP contribution in [-0.2, 0) is 0 Å². The van der Waals surface area contributed by atoms with Gasteiger partial charge in [-0.15, -0.1) is 0 Å². The Labute approximate surface area is 114 Å². The van der Waals surface area contributed by atoms with E-state index in [1.165, 1.54) is 18.2 Å². The summed E-state index contributed by atoms with van der Waals surface area (Å²) in [5.74, 6) is 0. The fourth-order valence-corrected chi connectivity index (χ4v) is 2.18. The van der Waals surface area contributed by atoms with E-state index in [9.17, 15) is 8.78 Å². The van der Waals surface area contributed by atoms with Gasteiger partial charge in [-0.2, -0.15) is 0 Å². The van der Waals surface area contributed by atoms with Crippen LogP contribution in [0.4, 0.5) is 14.5 Å². The molecule has 2 aromatic carbocycles. The number of nitrogens with zero attached hydrogens (tertiary/aromatic N) is 1. The zero-order valence-corrected chi connectivity index (χ0v) is 10.6. The second kappa shape index (κ2) is 4.89. The number of halogens is 2. The predicted molar refractivity (Wildman–Crippen MR) is 76.5 cm³/mol. The van der Waals surface area contributed by atoms with E-state index >= 15 is 0 Å². The van der Waals surface area contributed by atoms with E-state index < -0.39 is 6.43 Å². The van der Waals surface area contributed by atoms with Gasteiger partial charge < -0.3 is 5.73 Å². The van der Waals surface area contributed by atoms with Gasteiger partial charge in [0.15, 0.2) is 0 Å². The Kier molecular flexibility index (Phi) is 3.06. The molecule has 0 aliphatic rings. The summed E-state index contributed by atoms with van der Waals surface area (Å²) in [6.07, 6.45) is -0.855. The van der Waals surface area contributed by atoms with Gasteiger partial charge in [0.25, 0.3) is 6.43 Å². The van der Waals surface area contributed by atoms with Crippen molar-refractivity contribution < 1.29 is 8.78 Å². The number of aromatic nitrogens is 1. The molecule has 20 heavy (non-hydrogen) atoms. The van der Waals surface area contributed by atoms with Crippen molar-refractivity contribution in [1.82, 2.24) is 4.98 Å². The second-order valence-electron chi connectivity index (χ2n) is 4.56. The third-order valence-electron chi connectivity index (χ3n) is 3.23. The first-order chi connectivity index (χ1) is 9.65. The van der Waals surface area contributed by atoms with Gasteiger partial charge >= 0.3 is 0 Å². The molecular weight excluding hydrogens is 258 g/mol. The number of anilines is 1. The Hall–Kier alpha value is -2.49. The topological polar surface area (TPSA) is 38.9 Å². The molecular formula is C16H12F2N2. The van der Waals surface area contributed by atoms with Crippen molar-refractivity contribution in [3.8, 4) is 11.1 Å². The molecule has 0 fully saturated rings. The number of rotatable bonds is 2. The van der Waals surface area contributed by atoms with Gasteiger partial charge in [-0.3, -0.25) is 4.98 Å². The monoisotopic (exact) mass is 270 g/mol. The van der Waals surface area contributed by atoms with E-state index in [0.29, 0.717) is 11.3 Å². The van der Waals surface area contributed by atoms with Gasteiger partial charge in [0.2, 0.25) is 0 Å². The van der Waals surface area contributed by atoms with E-state index in [0.717, 1.165) is 16.5 Å². The molecule has 0 atom stereocenters. The van der Waals surface area contributed by atoms with E-state index in [4.69, 9.17) is 5.73 Å². The summed E-state index contributed by atoms with van der Waals surface area (Å²) in [5, 5.41) is 0.951. The number of nitrogens with two attached hydrogens (primary N) is 1. The highest BCUT2D eigenvalue weighted by Gasteiger charge is 2.11. The van der Waals surface area contributed by atoms with Crippen molar-refractivity contribution in [3.05, 3.63) is 60.3 Å². The number of pyridine rings is 1. The fourth-order valence-electron chi connectivity index (χ4n) is 2.18. The number of nitrogen functional groups attached to an aromatic ring is 1. The highest BCUT2D eigenvalue weighted by Crippen LogP contribution is 2.31. The van der Waals surface area contributed by atoms with Crippen LogP contribution in [-0.4, -0.2) is 4.98 Å². The molecule has 3 aromatic rings. The molecule has 0 saturated heterocycles. The highest BCUT2D eigenvalue weighted by atomic mass is 19.3. The van der Waals surface area contributed by atoms with E-state index in [-0.39, 0.29) is 5.56 Å². The molecule has 3 rings (SSSR count). The molecule has 1 aromatic heterocycles. The molecule has 0 radical (unpaired) electrons. The van der Waals surface area contributed by atoms with Crippen molar-refractivity contribution in [2.45, 2.75) is 6.43 Å². The van der Waals surface area contributed by atoms with Crippen molar-refractivity contribution in [2.24, 2.45) is 0 Å². The summed E-state index contributed by atoms with van der Waals surface area (Å²) in [5.41, 5.74) is 8.50. The Balaban J connectivity index is 2.17. The first-order valence-corrected chi connectivity index (χ1v) is 6.18. The smallest absolute Gasteiger partial charge is 0.263 e. The Morgan fingerprint density at radius 3 is 2.60 bits per heavy atom. The minimum atomic E-state index is -2.51. The van der Waals surface area contributed by atoms with Crippen LogP contribution in [0.2, 0.25) is 0 Å². The summed E-state index contributed by atoms with van der Waals surface area (Å²) in [6.45, 7) is 0. The molecule has 100 valence electrons. The standard InChI is InChI=1S/C16H12F2N2/c17-16(18)11-5-6-14(19)13(8-11)12-7-10-3-1-2-4-15(10)20-9-12/h1-9,16H,19H2. The average Bonchev–Trinajstić information content (AvgIpc) is 2.47. The van der Waals surface area contributed by atoms with Gasteiger partial charge in [0.05, 0.1) is 5.52 Å². The summed E-state index contributed by atoms with van der Waals surface area (Å²) >= 11 is 0. The average molecular weight is 270 g/mol. The Morgan fingerprint density at radius 1 is 1.00 bits per heavy atom. The summed E-state index contributed by atoms with van der Waals surface area (Å²) in [7, 11) is 0. The van der Waals surface area contributed by atoms with E-state index in [1.807, 2.05) is 30.3 Å².